The molecule has 5 nitrogen and oxygen atoms in total. The number of rotatable bonds is 2. The molecule has 1 aliphatic carbocycles. The maximum Gasteiger partial charge on any atom is 0.361 e. The van der Waals surface area contributed by atoms with Crippen LogP contribution in [0, 0.1) is 0 Å². The molecule has 0 heterocycles. The Morgan fingerprint density at radius 3 is 2.30 bits per heavy atom. The fourth-order valence-electron chi connectivity index (χ4n) is 0.391. The average molecular weight is 165 g/mol. The lowest BCUT2D eigenvalue weighted by atomic mass is 10.9. The Hall–Kier alpha value is -0.620. The van der Waals surface area contributed by atoms with Crippen LogP contribution in [0.3, 0.4) is 0 Å². The first kappa shape index (κ1) is 7.49. The zero-order valence-electron chi connectivity index (χ0n) is 5.11. The maximum absolute atomic E-state index is 10.5. The molecule has 6 heteroatoms. The fraction of sp³-hybridized carbons (Fsp3) is 0.750. The van der Waals surface area contributed by atoms with Crippen molar-refractivity contribution in [2.75, 3.05) is 0 Å². The van der Waals surface area contributed by atoms with E-state index in [1.165, 1.54) is 0 Å². The van der Waals surface area contributed by atoms with Crippen LogP contribution < -0.4 is 5.73 Å². The summed E-state index contributed by atoms with van der Waals surface area (Å²) in [5.41, 5.74) is 4.49. The van der Waals surface area contributed by atoms with E-state index in [0.29, 0.717) is 12.8 Å². The lowest BCUT2D eigenvalue weighted by Crippen LogP contribution is -2.24. The summed E-state index contributed by atoms with van der Waals surface area (Å²) in [5, 5.41) is -1.42. The molecule has 58 valence electrons. The summed E-state index contributed by atoms with van der Waals surface area (Å²) >= 11 is 0. The Kier molecular flexibility index (Phi) is 1.65. The highest BCUT2D eigenvalue weighted by Crippen LogP contribution is 2.25. The largest absolute Gasteiger partial charge is 0.361 e. The van der Waals surface area contributed by atoms with E-state index in [4.69, 9.17) is 0 Å². The summed E-state index contributed by atoms with van der Waals surface area (Å²) in [5.74, 6) is 0. The van der Waals surface area contributed by atoms with Gasteiger partial charge in [0, 0.05) is 0 Å². The van der Waals surface area contributed by atoms with Gasteiger partial charge < -0.3 is 5.73 Å². The Bertz CT molecular complexity index is 240. The van der Waals surface area contributed by atoms with E-state index < -0.39 is 15.4 Å². The van der Waals surface area contributed by atoms with E-state index in [9.17, 15) is 13.2 Å². The van der Waals surface area contributed by atoms with Gasteiger partial charge in [0.2, 0.25) is 0 Å². The molecule has 0 aliphatic heterocycles. The van der Waals surface area contributed by atoms with Gasteiger partial charge in [-0.1, -0.05) is 0 Å². The topological polar surface area (TPSA) is 86.5 Å². The molecule has 10 heavy (non-hydrogen) atoms. The van der Waals surface area contributed by atoms with Crippen LogP contribution in [0.25, 0.3) is 0 Å². The van der Waals surface area contributed by atoms with Gasteiger partial charge in [0.15, 0.2) is 0 Å². The van der Waals surface area contributed by atoms with Gasteiger partial charge in [0.05, 0.1) is 6.10 Å². The Labute approximate surface area is 58.3 Å². The zero-order chi connectivity index (χ0) is 7.78. The van der Waals surface area contributed by atoms with Crippen molar-refractivity contribution in [2.24, 2.45) is 5.73 Å². The molecule has 0 aromatic rings. The molecule has 0 radical (unpaired) electrons. The van der Waals surface area contributed by atoms with Gasteiger partial charge in [-0.3, -0.25) is 8.98 Å². The van der Waals surface area contributed by atoms with Crippen molar-refractivity contribution in [3.63, 3.8) is 0 Å². The summed E-state index contributed by atoms with van der Waals surface area (Å²) in [6.45, 7) is 0. The highest BCUT2D eigenvalue weighted by molar-refractivity contribution is 8.01. The van der Waals surface area contributed by atoms with Gasteiger partial charge in [0.25, 0.3) is 0 Å². The van der Waals surface area contributed by atoms with Crippen LogP contribution in [0.4, 0.5) is 4.79 Å². The molecule has 0 unspecified atom stereocenters. The lowest BCUT2D eigenvalue weighted by molar-refractivity contribution is 0.254. The van der Waals surface area contributed by atoms with Crippen molar-refractivity contribution < 1.29 is 17.4 Å². The second-order valence-electron chi connectivity index (χ2n) is 2.07. The van der Waals surface area contributed by atoms with Crippen molar-refractivity contribution in [1.82, 2.24) is 0 Å². The molecule has 0 aromatic heterocycles. The average Bonchev–Trinajstić information content (AvgIpc) is 2.48. The van der Waals surface area contributed by atoms with Gasteiger partial charge in [-0.2, -0.15) is 8.42 Å². The third-order valence-electron chi connectivity index (χ3n) is 1.03. The molecule has 0 saturated heterocycles. The first-order chi connectivity index (χ1) is 4.52. The van der Waals surface area contributed by atoms with Crippen LogP contribution in [0.2, 0.25) is 0 Å². The summed E-state index contributed by atoms with van der Waals surface area (Å²) in [4.78, 5) is 10.1. The summed E-state index contributed by atoms with van der Waals surface area (Å²) < 4.78 is 25.3. The van der Waals surface area contributed by atoms with Gasteiger partial charge in [-0.25, -0.2) is 0 Å². The predicted molar refractivity (Wildman–Crippen MR) is 32.6 cm³/mol. The van der Waals surface area contributed by atoms with Gasteiger partial charge in [-0.05, 0) is 12.8 Å². The van der Waals surface area contributed by atoms with E-state index in [2.05, 4.69) is 9.92 Å². The number of nitrogens with two attached hydrogens (primary N) is 1. The smallest absolute Gasteiger partial charge is 0.354 e. The third-order valence-corrected chi connectivity index (χ3v) is 2.05. The van der Waals surface area contributed by atoms with Gasteiger partial charge in [-0.15, -0.1) is 0 Å². The van der Waals surface area contributed by atoms with Crippen molar-refractivity contribution >= 4 is 15.4 Å². The molecule has 2 N–H and O–H groups in total. The molecule has 1 amide bonds. The highest BCUT2D eigenvalue weighted by atomic mass is 32.2. The molecule has 1 rings (SSSR count). The van der Waals surface area contributed by atoms with Crippen LogP contribution >= 0.6 is 0 Å². The molecular formula is C4H7NO4S. The van der Waals surface area contributed by atoms with Crippen molar-refractivity contribution in [3.05, 3.63) is 0 Å². The van der Waals surface area contributed by atoms with E-state index >= 15 is 0 Å². The number of primary amides is 1. The predicted octanol–water partition coefficient (Wildman–Crippen LogP) is -0.426. The van der Waals surface area contributed by atoms with E-state index in [0.717, 1.165) is 0 Å². The fourth-order valence-corrected chi connectivity index (χ4v) is 1.04. The van der Waals surface area contributed by atoms with Crippen LogP contribution in [-0.2, 0) is 14.3 Å². The zero-order valence-corrected chi connectivity index (χ0v) is 5.93. The summed E-state index contributed by atoms with van der Waals surface area (Å²) in [7, 11) is -4.10. The molecule has 0 aromatic carbocycles. The Morgan fingerprint density at radius 2 is 2.00 bits per heavy atom. The molecular weight excluding hydrogens is 158 g/mol. The number of amides is 1. The minimum atomic E-state index is -4.10. The molecule has 1 fully saturated rings. The quantitative estimate of drug-likeness (QED) is 0.562. The Morgan fingerprint density at radius 1 is 1.50 bits per heavy atom. The molecule has 0 atom stereocenters. The number of hydrogen-bond donors (Lipinski definition) is 1. The SMILES string of the molecule is NC(=O)S(=O)(=O)OC1CC1. The normalized spacial score (nSPS) is 18.8. The molecule has 0 bridgehead atoms. The standard InChI is InChI=1S/C4H7NO4S/c5-4(6)10(7,8)9-3-1-2-3/h3H,1-2H2,(H2,5,6). The van der Waals surface area contributed by atoms with Crippen LogP contribution in [-0.4, -0.2) is 19.8 Å². The first-order valence-corrected chi connectivity index (χ1v) is 4.16. The summed E-state index contributed by atoms with van der Waals surface area (Å²) in [6.07, 6.45) is 1.07. The lowest BCUT2D eigenvalue weighted by Gasteiger charge is -1.96. The summed E-state index contributed by atoms with van der Waals surface area (Å²) in [6, 6.07) is 0. The van der Waals surface area contributed by atoms with E-state index in [-0.39, 0.29) is 6.10 Å². The minimum absolute atomic E-state index is 0.308. The molecule has 0 spiro atoms. The van der Waals surface area contributed by atoms with Gasteiger partial charge in [0.1, 0.15) is 0 Å². The monoisotopic (exact) mass is 165 g/mol. The van der Waals surface area contributed by atoms with Crippen LogP contribution in [0.1, 0.15) is 12.8 Å². The van der Waals surface area contributed by atoms with Crippen LogP contribution in [0.5, 0.6) is 0 Å². The second kappa shape index (κ2) is 2.21. The first-order valence-electron chi connectivity index (χ1n) is 2.75. The maximum atomic E-state index is 10.5. The number of carbonyl (C=O) groups is 1. The Balaban J connectivity index is 2.58. The molecule has 1 saturated carbocycles. The number of carbonyl (C=O) groups excluding carboxylic acids is 1. The van der Waals surface area contributed by atoms with Gasteiger partial charge >= 0.3 is 15.4 Å². The number of hydrogen-bond acceptors (Lipinski definition) is 4. The van der Waals surface area contributed by atoms with Crippen molar-refractivity contribution in [2.45, 2.75) is 18.9 Å². The molecule has 1 aliphatic rings. The van der Waals surface area contributed by atoms with Crippen molar-refractivity contribution in [1.29, 1.82) is 0 Å². The third kappa shape index (κ3) is 1.68. The highest BCUT2D eigenvalue weighted by Gasteiger charge is 2.31. The van der Waals surface area contributed by atoms with E-state index in [1.807, 2.05) is 0 Å². The van der Waals surface area contributed by atoms with E-state index in [1.54, 1.807) is 0 Å². The minimum Gasteiger partial charge on any atom is -0.354 e. The van der Waals surface area contributed by atoms with Crippen LogP contribution in [0.15, 0.2) is 0 Å². The second-order valence-corrected chi connectivity index (χ2v) is 3.57. The van der Waals surface area contributed by atoms with Crippen molar-refractivity contribution in [3.8, 4) is 0 Å².